The molecule has 3 rings (SSSR count). The van der Waals surface area contributed by atoms with Crippen LogP contribution in [0.1, 0.15) is 17.4 Å². The minimum Gasteiger partial charge on any atom is -0.334 e. The van der Waals surface area contributed by atoms with Crippen LogP contribution in [0.2, 0.25) is 0 Å². The lowest BCUT2D eigenvalue weighted by atomic mass is 10.0. The van der Waals surface area contributed by atoms with Crippen LogP contribution in [0.15, 0.2) is 22.6 Å². The molecule has 1 fully saturated rings. The maximum atomic E-state index is 12.3. The Morgan fingerprint density at radius 3 is 3.00 bits per heavy atom. The molecule has 0 spiro atoms. The molecule has 0 unspecified atom stereocenters. The van der Waals surface area contributed by atoms with E-state index in [2.05, 4.69) is 16.8 Å². The second kappa shape index (κ2) is 4.27. The Balaban J connectivity index is 1.76. The average molecular weight is 248 g/mol. The van der Waals surface area contributed by atoms with E-state index in [1.807, 2.05) is 23.2 Å². The summed E-state index contributed by atoms with van der Waals surface area (Å²) in [6.07, 6.45) is 1.01. The molecule has 3 heterocycles. The third kappa shape index (κ3) is 1.91. The molecule has 0 saturated carbocycles. The molecule has 1 aromatic rings. The minimum absolute atomic E-state index is 0.221. The summed E-state index contributed by atoms with van der Waals surface area (Å²) < 4.78 is 0. The monoisotopic (exact) mass is 248 g/mol. The first-order chi connectivity index (χ1) is 8.25. The van der Waals surface area contributed by atoms with E-state index in [1.165, 1.54) is 16.0 Å². The van der Waals surface area contributed by atoms with E-state index in [1.54, 1.807) is 0 Å². The number of rotatable bonds is 1. The van der Waals surface area contributed by atoms with E-state index < -0.39 is 0 Å². The van der Waals surface area contributed by atoms with Crippen molar-refractivity contribution in [3.63, 3.8) is 0 Å². The molecule has 1 N–H and O–H groups in total. The molecule has 0 aliphatic carbocycles. The summed E-state index contributed by atoms with van der Waals surface area (Å²) >= 11 is 1.81. The predicted octanol–water partition coefficient (Wildman–Crippen LogP) is 1.55. The number of carbonyl (C=O) groups excluding carboxylic acids is 1. The molecule has 0 aromatic carbocycles. The summed E-state index contributed by atoms with van der Waals surface area (Å²) in [6, 6.07) is 2.15. The molecule has 1 aromatic heterocycles. The quantitative estimate of drug-likeness (QED) is 0.765. The van der Waals surface area contributed by atoms with Crippen molar-refractivity contribution in [2.24, 2.45) is 0 Å². The van der Waals surface area contributed by atoms with Crippen LogP contribution >= 0.6 is 11.3 Å². The SMILES string of the molecule is CC(C(=O)N1CCc2sccc2C1)=C1CNC1. The van der Waals surface area contributed by atoms with Crippen molar-refractivity contribution in [1.29, 1.82) is 0 Å². The normalized spacial score (nSPS) is 18.6. The van der Waals surface area contributed by atoms with Crippen LogP contribution in [-0.2, 0) is 17.8 Å². The van der Waals surface area contributed by atoms with E-state index >= 15 is 0 Å². The highest BCUT2D eigenvalue weighted by Gasteiger charge is 2.24. The van der Waals surface area contributed by atoms with E-state index in [-0.39, 0.29) is 5.91 Å². The smallest absolute Gasteiger partial charge is 0.249 e. The van der Waals surface area contributed by atoms with Crippen LogP contribution in [0.5, 0.6) is 0 Å². The zero-order valence-electron chi connectivity index (χ0n) is 9.95. The number of thiophene rings is 1. The van der Waals surface area contributed by atoms with Crippen LogP contribution in [0.25, 0.3) is 0 Å². The van der Waals surface area contributed by atoms with Gasteiger partial charge in [-0.05, 0) is 35.9 Å². The minimum atomic E-state index is 0.221. The van der Waals surface area contributed by atoms with Gasteiger partial charge in [0.05, 0.1) is 0 Å². The van der Waals surface area contributed by atoms with E-state index in [4.69, 9.17) is 0 Å². The van der Waals surface area contributed by atoms with E-state index in [0.717, 1.165) is 38.2 Å². The van der Waals surface area contributed by atoms with Crippen LogP contribution in [0, 0.1) is 0 Å². The zero-order chi connectivity index (χ0) is 11.8. The van der Waals surface area contributed by atoms with Crippen molar-refractivity contribution in [1.82, 2.24) is 10.2 Å². The van der Waals surface area contributed by atoms with Crippen LogP contribution in [-0.4, -0.2) is 30.4 Å². The van der Waals surface area contributed by atoms with E-state index in [0.29, 0.717) is 0 Å². The molecule has 4 heteroatoms. The summed E-state index contributed by atoms with van der Waals surface area (Å²) in [5.74, 6) is 0.221. The Labute approximate surface area is 105 Å². The third-order valence-electron chi connectivity index (χ3n) is 3.62. The standard InChI is InChI=1S/C13H16N2OS/c1-9(11-6-14-7-11)13(16)15-4-2-12-10(8-15)3-5-17-12/h3,5,14H,2,4,6-8H2,1H3. The van der Waals surface area contributed by atoms with Gasteiger partial charge < -0.3 is 10.2 Å². The second-order valence-electron chi connectivity index (χ2n) is 4.68. The second-order valence-corrected chi connectivity index (χ2v) is 5.68. The first-order valence-electron chi connectivity index (χ1n) is 5.99. The Kier molecular flexibility index (Phi) is 2.76. The van der Waals surface area contributed by atoms with E-state index in [9.17, 15) is 4.79 Å². The number of nitrogens with one attached hydrogen (secondary N) is 1. The van der Waals surface area contributed by atoms with Crippen molar-refractivity contribution in [2.45, 2.75) is 19.9 Å². The van der Waals surface area contributed by atoms with Crippen molar-refractivity contribution in [3.05, 3.63) is 33.0 Å². The molecule has 90 valence electrons. The van der Waals surface area contributed by atoms with Gasteiger partial charge in [0.15, 0.2) is 0 Å². The highest BCUT2D eigenvalue weighted by Crippen LogP contribution is 2.25. The first kappa shape index (κ1) is 11.0. The van der Waals surface area contributed by atoms with Gasteiger partial charge in [-0.15, -0.1) is 11.3 Å². The number of nitrogens with zero attached hydrogens (tertiary/aromatic N) is 1. The van der Waals surface area contributed by atoms with Gasteiger partial charge in [0.2, 0.25) is 5.91 Å². The Morgan fingerprint density at radius 2 is 2.29 bits per heavy atom. The van der Waals surface area contributed by atoms with Gasteiger partial charge >= 0.3 is 0 Å². The molecule has 2 aliphatic heterocycles. The molecule has 0 bridgehead atoms. The van der Waals surface area contributed by atoms with Crippen molar-refractivity contribution in [3.8, 4) is 0 Å². The highest BCUT2D eigenvalue weighted by atomic mass is 32.1. The maximum absolute atomic E-state index is 12.3. The van der Waals surface area contributed by atoms with Gasteiger partial charge in [0.1, 0.15) is 0 Å². The Morgan fingerprint density at radius 1 is 1.47 bits per heavy atom. The third-order valence-corrected chi connectivity index (χ3v) is 4.65. The zero-order valence-corrected chi connectivity index (χ0v) is 10.8. The number of fused-ring (bicyclic) bond motifs is 1. The fraction of sp³-hybridized carbons (Fsp3) is 0.462. The molecule has 0 radical (unpaired) electrons. The summed E-state index contributed by atoms with van der Waals surface area (Å²) in [7, 11) is 0. The fourth-order valence-corrected chi connectivity index (χ4v) is 3.22. The predicted molar refractivity (Wildman–Crippen MR) is 69.0 cm³/mol. The molecular formula is C13H16N2OS. The summed E-state index contributed by atoms with van der Waals surface area (Å²) in [5.41, 5.74) is 3.55. The fourth-order valence-electron chi connectivity index (χ4n) is 2.33. The van der Waals surface area contributed by atoms with Crippen LogP contribution in [0.4, 0.5) is 0 Å². The highest BCUT2D eigenvalue weighted by molar-refractivity contribution is 7.10. The largest absolute Gasteiger partial charge is 0.334 e. The lowest BCUT2D eigenvalue weighted by Crippen LogP contribution is -2.40. The molecule has 3 nitrogen and oxygen atoms in total. The molecule has 17 heavy (non-hydrogen) atoms. The molecule has 1 amide bonds. The van der Waals surface area contributed by atoms with Crippen LogP contribution < -0.4 is 5.32 Å². The Hall–Kier alpha value is -1.13. The average Bonchev–Trinajstić information content (AvgIpc) is 2.72. The van der Waals surface area contributed by atoms with Gasteiger partial charge in [0, 0.05) is 36.6 Å². The van der Waals surface area contributed by atoms with Gasteiger partial charge in [-0.25, -0.2) is 0 Å². The number of amides is 1. The summed E-state index contributed by atoms with van der Waals surface area (Å²) in [4.78, 5) is 15.7. The molecule has 1 saturated heterocycles. The lowest BCUT2D eigenvalue weighted by Gasteiger charge is -2.29. The Bertz CT molecular complexity index is 483. The van der Waals surface area contributed by atoms with Crippen LogP contribution in [0.3, 0.4) is 0 Å². The van der Waals surface area contributed by atoms with Crippen molar-refractivity contribution >= 4 is 17.2 Å². The summed E-state index contributed by atoms with van der Waals surface area (Å²) in [6.45, 7) is 5.38. The van der Waals surface area contributed by atoms with Gasteiger partial charge in [-0.3, -0.25) is 4.79 Å². The van der Waals surface area contributed by atoms with Gasteiger partial charge in [0.25, 0.3) is 0 Å². The first-order valence-corrected chi connectivity index (χ1v) is 6.87. The van der Waals surface area contributed by atoms with Gasteiger partial charge in [-0.2, -0.15) is 0 Å². The molecule has 2 aliphatic rings. The topological polar surface area (TPSA) is 32.3 Å². The summed E-state index contributed by atoms with van der Waals surface area (Å²) in [5, 5.41) is 5.31. The number of carbonyl (C=O) groups is 1. The lowest BCUT2D eigenvalue weighted by molar-refractivity contribution is -0.128. The number of hydrogen-bond acceptors (Lipinski definition) is 3. The van der Waals surface area contributed by atoms with Gasteiger partial charge in [-0.1, -0.05) is 0 Å². The molecule has 0 atom stereocenters. The van der Waals surface area contributed by atoms with Crippen molar-refractivity contribution in [2.75, 3.05) is 19.6 Å². The maximum Gasteiger partial charge on any atom is 0.249 e. The molecular weight excluding hydrogens is 232 g/mol. The van der Waals surface area contributed by atoms with Crippen molar-refractivity contribution < 1.29 is 4.79 Å². The number of hydrogen-bond donors (Lipinski definition) is 1.